The number of carbonyl (C=O) groups is 2. The largest absolute Gasteiger partial charge is 0.493 e. The molecule has 0 heterocycles. The predicted molar refractivity (Wildman–Crippen MR) is 74.1 cm³/mol. The molecular weight excluding hydrogens is 314 g/mol. The fraction of sp³-hybridized carbons (Fsp3) is 0.385. The SMILES string of the molecule is CCC(NC(=O)CCOc1cccc(Br)c1)C(=O)O. The smallest absolute Gasteiger partial charge is 0.326 e. The van der Waals surface area contributed by atoms with Crippen LogP contribution in [0.15, 0.2) is 28.7 Å². The highest BCUT2D eigenvalue weighted by atomic mass is 79.9. The van der Waals surface area contributed by atoms with Crippen molar-refractivity contribution in [3.8, 4) is 5.75 Å². The van der Waals surface area contributed by atoms with Gasteiger partial charge < -0.3 is 15.2 Å². The van der Waals surface area contributed by atoms with Crippen molar-refractivity contribution in [1.82, 2.24) is 5.32 Å². The van der Waals surface area contributed by atoms with Crippen molar-refractivity contribution in [3.05, 3.63) is 28.7 Å². The maximum atomic E-state index is 11.5. The average Bonchev–Trinajstić information content (AvgIpc) is 2.35. The quantitative estimate of drug-likeness (QED) is 0.804. The molecule has 0 aliphatic carbocycles. The molecule has 0 fully saturated rings. The van der Waals surface area contributed by atoms with Crippen molar-refractivity contribution in [2.45, 2.75) is 25.8 Å². The van der Waals surface area contributed by atoms with Gasteiger partial charge in [0.1, 0.15) is 11.8 Å². The van der Waals surface area contributed by atoms with Crippen LogP contribution in [-0.2, 0) is 9.59 Å². The van der Waals surface area contributed by atoms with Crippen molar-refractivity contribution in [1.29, 1.82) is 0 Å². The molecule has 2 N–H and O–H groups in total. The maximum Gasteiger partial charge on any atom is 0.326 e. The summed E-state index contributed by atoms with van der Waals surface area (Å²) in [6.45, 7) is 1.91. The Morgan fingerprint density at radius 3 is 2.79 bits per heavy atom. The Morgan fingerprint density at radius 2 is 2.21 bits per heavy atom. The van der Waals surface area contributed by atoms with E-state index in [4.69, 9.17) is 9.84 Å². The number of halogens is 1. The van der Waals surface area contributed by atoms with Crippen LogP contribution in [0.2, 0.25) is 0 Å². The molecule has 0 spiro atoms. The van der Waals surface area contributed by atoms with E-state index in [2.05, 4.69) is 21.2 Å². The molecule has 1 unspecified atom stereocenters. The van der Waals surface area contributed by atoms with E-state index in [1.54, 1.807) is 19.1 Å². The zero-order valence-corrected chi connectivity index (χ0v) is 12.1. The molecule has 6 heteroatoms. The molecule has 1 aromatic carbocycles. The van der Waals surface area contributed by atoms with Gasteiger partial charge in [-0.3, -0.25) is 4.79 Å². The Balaban J connectivity index is 2.33. The number of hydrogen-bond donors (Lipinski definition) is 2. The molecule has 0 bridgehead atoms. The molecule has 0 radical (unpaired) electrons. The van der Waals surface area contributed by atoms with Gasteiger partial charge in [0.2, 0.25) is 5.91 Å². The lowest BCUT2D eigenvalue weighted by molar-refractivity contribution is -0.142. The van der Waals surface area contributed by atoms with Crippen LogP contribution in [-0.4, -0.2) is 29.6 Å². The van der Waals surface area contributed by atoms with Crippen LogP contribution in [0.4, 0.5) is 0 Å². The second-order valence-corrected chi connectivity index (χ2v) is 4.84. The van der Waals surface area contributed by atoms with E-state index >= 15 is 0 Å². The molecule has 1 aromatic rings. The third-order valence-electron chi connectivity index (χ3n) is 2.44. The minimum atomic E-state index is -1.02. The monoisotopic (exact) mass is 329 g/mol. The zero-order valence-electron chi connectivity index (χ0n) is 10.6. The summed E-state index contributed by atoms with van der Waals surface area (Å²) in [5.74, 6) is -0.694. The second kappa shape index (κ2) is 7.78. The van der Waals surface area contributed by atoms with E-state index in [-0.39, 0.29) is 18.9 Å². The summed E-state index contributed by atoms with van der Waals surface area (Å²) in [6, 6.07) is 6.45. The van der Waals surface area contributed by atoms with Crippen molar-refractivity contribution in [2.24, 2.45) is 0 Å². The minimum Gasteiger partial charge on any atom is -0.493 e. The maximum absolute atomic E-state index is 11.5. The highest BCUT2D eigenvalue weighted by Gasteiger charge is 2.17. The van der Waals surface area contributed by atoms with Crippen molar-refractivity contribution in [3.63, 3.8) is 0 Å². The van der Waals surface area contributed by atoms with Gasteiger partial charge in [0.15, 0.2) is 0 Å². The number of nitrogens with one attached hydrogen (secondary N) is 1. The normalized spacial score (nSPS) is 11.7. The number of carboxylic acid groups (broad SMARTS) is 1. The van der Waals surface area contributed by atoms with Gasteiger partial charge in [-0.25, -0.2) is 4.79 Å². The third kappa shape index (κ3) is 5.74. The fourth-order valence-electron chi connectivity index (χ4n) is 1.42. The Bertz CT molecular complexity index is 450. The Hall–Kier alpha value is -1.56. The fourth-order valence-corrected chi connectivity index (χ4v) is 1.80. The first-order valence-electron chi connectivity index (χ1n) is 5.93. The summed E-state index contributed by atoms with van der Waals surface area (Å²) < 4.78 is 6.29. The lowest BCUT2D eigenvalue weighted by atomic mass is 10.2. The molecule has 0 saturated heterocycles. The zero-order chi connectivity index (χ0) is 14.3. The molecule has 5 nitrogen and oxygen atoms in total. The summed E-state index contributed by atoms with van der Waals surface area (Å²) in [5, 5.41) is 11.2. The van der Waals surface area contributed by atoms with Gasteiger partial charge in [0.25, 0.3) is 0 Å². The summed E-state index contributed by atoms with van der Waals surface area (Å²) >= 11 is 3.32. The molecule has 0 saturated carbocycles. The van der Waals surface area contributed by atoms with Crippen LogP contribution in [0, 0.1) is 0 Å². The molecule has 1 atom stereocenters. The highest BCUT2D eigenvalue weighted by molar-refractivity contribution is 9.10. The molecule has 0 aliphatic heterocycles. The molecule has 0 aromatic heterocycles. The molecule has 104 valence electrons. The predicted octanol–water partition coefficient (Wildman–Crippen LogP) is 2.20. The lowest BCUT2D eigenvalue weighted by Gasteiger charge is -2.12. The molecule has 19 heavy (non-hydrogen) atoms. The number of aliphatic carboxylic acids is 1. The van der Waals surface area contributed by atoms with Gasteiger partial charge in [-0.05, 0) is 24.6 Å². The van der Waals surface area contributed by atoms with Gasteiger partial charge in [-0.2, -0.15) is 0 Å². The van der Waals surface area contributed by atoms with Gasteiger partial charge in [-0.1, -0.05) is 28.9 Å². The van der Waals surface area contributed by atoms with Crippen LogP contribution in [0.25, 0.3) is 0 Å². The van der Waals surface area contributed by atoms with Crippen LogP contribution >= 0.6 is 15.9 Å². The number of carbonyl (C=O) groups excluding carboxylic acids is 1. The highest BCUT2D eigenvalue weighted by Crippen LogP contribution is 2.17. The summed E-state index contributed by atoms with van der Waals surface area (Å²) in [4.78, 5) is 22.3. The summed E-state index contributed by atoms with van der Waals surface area (Å²) in [7, 11) is 0. The van der Waals surface area contributed by atoms with Crippen molar-refractivity contribution < 1.29 is 19.4 Å². The first-order valence-corrected chi connectivity index (χ1v) is 6.72. The van der Waals surface area contributed by atoms with E-state index < -0.39 is 12.0 Å². The van der Waals surface area contributed by atoms with Crippen LogP contribution in [0.3, 0.4) is 0 Å². The van der Waals surface area contributed by atoms with Gasteiger partial charge >= 0.3 is 5.97 Å². The number of ether oxygens (including phenoxy) is 1. The van der Waals surface area contributed by atoms with E-state index in [0.717, 1.165) is 4.47 Å². The van der Waals surface area contributed by atoms with Crippen LogP contribution in [0.5, 0.6) is 5.75 Å². The molecule has 1 rings (SSSR count). The Morgan fingerprint density at radius 1 is 1.47 bits per heavy atom. The molecular formula is C13H16BrNO4. The first kappa shape index (κ1) is 15.5. The third-order valence-corrected chi connectivity index (χ3v) is 2.93. The Labute approximate surface area is 120 Å². The van der Waals surface area contributed by atoms with Gasteiger partial charge in [0, 0.05) is 4.47 Å². The lowest BCUT2D eigenvalue weighted by Crippen LogP contribution is -2.40. The number of benzene rings is 1. The van der Waals surface area contributed by atoms with Crippen LogP contribution in [0.1, 0.15) is 19.8 Å². The van der Waals surface area contributed by atoms with E-state index in [9.17, 15) is 9.59 Å². The van der Waals surface area contributed by atoms with E-state index in [0.29, 0.717) is 12.2 Å². The standard InChI is InChI=1S/C13H16BrNO4/c1-2-11(13(17)18)15-12(16)6-7-19-10-5-3-4-9(14)8-10/h3-5,8,11H,2,6-7H2,1H3,(H,15,16)(H,17,18). The summed E-state index contributed by atoms with van der Waals surface area (Å²) in [5.41, 5.74) is 0. The topological polar surface area (TPSA) is 75.6 Å². The number of carboxylic acids is 1. The average molecular weight is 330 g/mol. The Kier molecular flexibility index (Phi) is 6.35. The minimum absolute atomic E-state index is 0.121. The van der Waals surface area contributed by atoms with E-state index in [1.165, 1.54) is 0 Å². The van der Waals surface area contributed by atoms with E-state index in [1.807, 2.05) is 12.1 Å². The number of amides is 1. The number of hydrogen-bond acceptors (Lipinski definition) is 3. The summed E-state index contributed by atoms with van der Waals surface area (Å²) in [6.07, 6.45) is 0.476. The van der Waals surface area contributed by atoms with Gasteiger partial charge in [0.05, 0.1) is 13.0 Å². The second-order valence-electron chi connectivity index (χ2n) is 3.92. The van der Waals surface area contributed by atoms with Crippen molar-refractivity contribution >= 4 is 27.8 Å². The number of rotatable bonds is 7. The van der Waals surface area contributed by atoms with Crippen LogP contribution < -0.4 is 10.1 Å². The first-order chi connectivity index (χ1) is 9.02. The van der Waals surface area contributed by atoms with Crippen molar-refractivity contribution in [2.75, 3.05) is 6.61 Å². The molecule has 1 amide bonds. The van der Waals surface area contributed by atoms with Gasteiger partial charge in [-0.15, -0.1) is 0 Å². The molecule has 0 aliphatic rings.